The molecule has 0 saturated carbocycles. The summed E-state index contributed by atoms with van der Waals surface area (Å²) in [5.74, 6) is -0.182. The first kappa shape index (κ1) is 12.5. The van der Waals surface area contributed by atoms with Crippen LogP contribution in [-0.4, -0.2) is 35.1 Å². The average molecular weight is 213 g/mol. The Morgan fingerprint density at radius 2 is 1.73 bits per heavy atom. The summed E-state index contributed by atoms with van der Waals surface area (Å²) in [7, 11) is 0. The van der Waals surface area contributed by atoms with Crippen molar-refractivity contribution in [2.75, 3.05) is 13.1 Å². The Bertz CT molecular complexity index is 226. The zero-order chi connectivity index (χ0) is 11.6. The number of carbonyl (C=O) groups excluding carboxylic acids is 1. The summed E-state index contributed by atoms with van der Waals surface area (Å²) < 4.78 is 0. The Morgan fingerprint density at radius 1 is 1.27 bits per heavy atom. The van der Waals surface area contributed by atoms with Gasteiger partial charge in [0.1, 0.15) is 0 Å². The van der Waals surface area contributed by atoms with Gasteiger partial charge in [-0.1, -0.05) is 27.7 Å². The van der Waals surface area contributed by atoms with Crippen LogP contribution >= 0.6 is 0 Å². The van der Waals surface area contributed by atoms with Gasteiger partial charge in [-0.05, 0) is 18.3 Å². The smallest absolute Gasteiger partial charge is 0.228 e. The van der Waals surface area contributed by atoms with E-state index in [9.17, 15) is 9.90 Å². The van der Waals surface area contributed by atoms with E-state index in [4.69, 9.17) is 0 Å². The molecular weight excluding hydrogens is 190 g/mol. The first-order valence-electron chi connectivity index (χ1n) is 5.81. The van der Waals surface area contributed by atoms with Crippen LogP contribution < -0.4 is 0 Å². The number of aliphatic hydroxyl groups is 1. The highest BCUT2D eigenvalue weighted by atomic mass is 16.3. The van der Waals surface area contributed by atoms with Crippen LogP contribution in [0, 0.1) is 11.3 Å². The minimum absolute atomic E-state index is 0.106. The molecule has 0 aromatic carbocycles. The van der Waals surface area contributed by atoms with Crippen LogP contribution in [0.2, 0.25) is 0 Å². The van der Waals surface area contributed by atoms with Crippen molar-refractivity contribution in [3.8, 4) is 0 Å². The highest BCUT2D eigenvalue weighted by Gasteiger charge is 2.34. The third kappa shape index (κ3) is 2.94. The van der Waals surface area contributed by atoms with Crippen LogP contribution in [-0.2, 0) is 4.79 Å². The number of rotatable bonds is 2. The Balaban J connectivity index is 2.59. The molecular formula is C12H23NO2. The number of aliphatic hydroxyl groups excluding tert-OH is 1. The van der Waals surface area contributed by atoms with Crippen LogP contribution in [0.5, 0.6) is 0 Å². The van der Waals surface area contributed by atoms with E-state index in [0.717, 1.165) is 25.9 Å². The fourth-order valence-electron chi connectivity index (χ4n) is 2.11. The highest BCUT2D eigenvalue weighted by Crippen LogP contribution is 2.27. The Labute approximate surface area is 92.5 Å². The lowest BCUT2D eigenvalue weighted by molar-refractivity contribution is -0.140. The van der Waals surface area contributed by atoms with E-state index in [1.807, 2.05) is 32.6 Å². The zero-order valence-corrected chi connectivity index (χ0v) is 10.3. The molecule has 1 rings (SSSR count). The molecule has 0 aromatic heterocycles. The highest BCUT2D eigenvalue weighted by molar-refractivity contribution is 5.79. The van der Waals surface area contributed by atoms with E-state index in [0.29, 0.717) is 0 Å². The van der Waals surface area contributed by atoms with Crippen molar-refractivity contribution in [1.29, 1.82) is 0 Å². The van der Waals surface area contributed by atoms with Crippen molar-refractivity contribution in [2.45, 2.75) is 46.6 Å². The fourth-order valence-corrected chi connectivity index (χ4v) is 2.11. The molecule has 0 spiro atoms. The van der Waals surface area contributed by atoms with Gasteiger partial charge in [0.15, 0.2) is 0 Å². The molecule has 1 amide bonds. The van der Waals surface area contributed by atoms with Crippen LogP contribution in [0.25, 0.3) is 0 Å². The molecule has 2 atom stereocenters. The summed E-state index contributed by atoms with van der Waals surface area (Å²) in [5, 5.41) is 10.0. The molecule has 88 valence electrons. The lowest BCUT2D eigenvalue weighted by atomic mass is 9.81. The molecule has 1 N–H and O–H groups in total. The van der Waals surface area contributed by atoms with Crippen LogP contribution in [0.3, 0.4) is 0 Å². The molecule has 3 heteroatoms. The quantitative estimate of drug-likeness (QED) is 0.757. The Hall–Kier alpha value is -0.570. The van der Waals surface area contributed by atoms with Crippen molar-refractivity contribution in [2.24, 2.45) is 11.3 Å². The van der Waals surface area contributed by atoms with E-state index in [2.05, 4.69) is 0 Å². The predicted molar refractivity (Wildman–Crippen MR) is 60.4 cm³/mol. The summed E-state index contributed by atoms with van der Waals surface area (Å²) in [4.78, 5) is 13.9. The second-order valence-corrected chi connectivity index (χ2v) is 5.63. The predicted octanol–water partition coefficient (Wildman–Crippen LogP) is 1.65. The van der Waals surface area contributed by atoms with Crippen LogP contribution in [0.15, 0.2) is 0 Å². The zero-order valence-electron chi connectivity index (χ0n) is 10.3. The second kappa shape index (κ2) is 4.52. The molecule has 1 aliphatic heterocycles. The van der Waals surface area contributed by atoms with Gasteiger partial charge in [0.2, 0.25) is 5.91 Å². The third-order valence-corrected chi connectivity index (χ3v) is 3.17. The van der Waals surface area contributed by atoms with Gasteiger partial charge in [-0.3, -0.25) is 4.79 Å². The van der Waals surface area contributed by atoms with Crippen LogP contribution in [0.4, 0.5) is 0 Å². The second-order valence-electron chi connectivity index (χ2n) is 5.63. The molecule has 15 heavy (non-hydrogen) atoms. The third-order valence-electron chi connectivity index (χ3n) is 3.17. The number of amides is 1. The van der Waals surface area contributed by atoms with E-state index in [1.165, 1.54) is 0 Å². The molecule has 0 aromatic rings. The van der Waals surface area contributed by atoms with Gasteiger partial charge in [0, 0.05) is 13.1 Å². The van der Waals surface area contributed by atoms with Crippen LogP contribution in [0.1, 0.15) is 40.5 Å². The van der Waals surface area contributed by atoms with Gasteiger partial charge in [0.05, 0.1) is 12.0 Å². The molecule has 0 unspecified atom stereocenters. The number of hydrogen-bond donors (Lipinski definition) is 1. The average Bonchev–Trinajstić information content (AvgIpc) is 2.65. The van der Waals surface area contributed by atoms with Crippen molar-refractivity contribution in [3.05, 3.63) is 0 Å². The van der Waals surface area contributed by atoms with E-state index < -0.39 is 6.10 Å². The molecule has 1 heterocycles. The van der Waals surface area contributed by atoms with Gasteiger partial charge in [-0.15, -0.1) is 0 Å². The molecule has 0 bridgehead atoms. The summed E-state index contributed by atoms with van der Waals surface area (Å²) in [6, 6.07) is 0. The van der Waals surface area contributed by atoms with E-state index in [1.54, 1.807) is 0 Å². The number of carbonyl (C=O) groups is 1. The van der Waals surface area contributed by atoms with Crippen molar-refractivity contribution in [1.82, 2.24) is 4.90 Å². The molecule has 1 aliphatic rings. The first-order chi connectivity index (χ1) is 6.84. The summed E-state index contributed by atoms with van der Waals surface area (Å²) in [5.41, 5.74) is -0.227. The lowest BCUT2D eigenvalue weighted by Gasteiger charge is -2.32. The van der Waals surface area contributed by atoms with Gasteiger partial charge >= 0.3 is 0 Å². The SMILES string of the molecule is C[C@@H](C(=O)N1CCCC1)[C@H](O)C(C)(C)C. The first-order valence-corrected chi connectivity index (χ1v) is 5.81. The van der Waals surface area contributed by atoms with Gasteiger partial charge in [-0.25, -0.2) is 0 Å². The van der Waals surface area contributed by atoms with Crippen molar-refractivity contribution >= 4 is 5.91 Å². The lowest BCUT2D eigenvalue weighted by Crippen LogP contribution is -2.43. The molecule has 1 fully saturated rings. The minimum Gasteiger partial charge on any atom is -0.392 e. The topological polar surface area (TPSA) is 40.5 Å². The summed E-state index contributed by atoms with van der Waals surface area (Å²) in [6.45, 7) is 9.44. The van der Waals surface area contributed by atoms with E-state index >= 15 is 0 Å². The fraction of sp³-hybridized carbons (Fsp3) is 0.917. The Morgan fingerprint density at radius 3 is 2.13 bits per heavy atom. The van der Waals surface area contributed by atoms with E-state index in [-0.39, 0.29) is 17.2 Å². The number of likely N-dealkylation sites (tertiary alicyclic amines) is 1. The van der Waals surface area contributed by atoms with Gasteiger partial charge in [-0.2, -0.15) is 0 Å². The van der Waals surface area contributed by atoms with Gasteiger partial charge < -0.3 is 10.0 Å². The summed E-state index contributed by atoms with van der Waals surface area (Å²) in [6.07, 6.45) is 1.64. The normalized spacial score (nSPS) is 21.5. The maximum absolute atomic E-state index is 12.0. The minimum atomic E-state index is -0.564. The van der Waals surface area contributed by atoms with Gasteiger partial charge in [0.25, 0.3) is 0 Å². The maximum Gasteiger partial charge on any atom is 0.228 e. The maximum atomic E-state index is 12.0. The molecule has 0 aliphatic carbocycles. The standard InChI is InChI=1S/C12H23NO2/c1-9(10(14)12(2,3)4)11(15)13-7-5-6-8-13/h9-10,14H,5-8H2,1-4H3/t9-,10+/m1/s1. The molecule has 1 saturated heterocycles. The monoisotopic (exact) mass is 213 g/mol. The summed E-state index contributed by atoms with van der Waals surface area (Å²) >= 11 is 0. The Kier molecular flexibility index (Phi) is 3.77. The number of nitrogens with zero attached hydrogens (tertiary/aromatic N) is 1. The number of hydrogen-bond acceptors (Lipinski definition) is 2. The largest absolute Gasteiger partial charge is 0.392 e. The van der Waals surface area contributed by atoms with Crippen molar-refractivity contribution < 1.29 is 9.90 Å². The molecule has 3 nitrogen and oxygen atoms in total. The van der Waals surface area contributed by atoms with Crippen molar-refractivity contribution in [3.63, 3.8) is 0 Å². The molecule has 0 radical (unpaired) electrons.